The van der Waals surface area contributed by atoms with Gasteiger partial charge in [0, 0.05) is 23.5 Å². The Kier molecular flexibility index (Phi) is 3.48. The standard InChI is InChI=1S/C12H11N5OS2/c13-10-9(7-1-3-14-4-2-7)11(20-17-10)15-5-8-6-19-12(18)16-8/h1-4,6,15H,5H2,(H2,13,17)(H,16,18). The number of nitrogens with zero attached hydrogens (tertiary/aromatic N) is 2. The maximum absolute atomic E-state index is 11.1. The number of H-pyrrole nitrogens is 1. The van der Waals surface area contributed by atoms with Gasteiger partial charge in [0.1, 0.15) is 10.8 Å². The Morgan fingerprint density at radius 2 is 2.15 bits per heavy atom. The molecule has 0 aromatic carbocycles. The zero-order chi connectivity index (χ0) is 13.9. The van der Waals surface area contributed by atoms with Gasteiger partial charge in [-0.25, -0.2) is 0 Å². The first kappa shape index (κ1) is 12.8. The highest BCUT2D eigenvalue weighted by molar-refractivity contribution is 7.11. The number of anilines is 2. The van der Waals surface area contributed by atoms with Crippen molar-refractivity contribution >= 4 is 33.7 Å². The van der Waals surface area contributed by atoms with Crippen LogP contribution in [0.3, 0.4) is 0 Å². The normalized spacial score (nSPS) is 10.6. The lowest BCUT2D eigenvalue weighted by atomic mass is 10.1. The first-order chi connectivity index (χ1) is 9.74. The molecule has 0 bridgehead atoms. The minimum atomic E-state index is -0.0556. The molecule has 102 valence electrons. The van der Waals surface area contributed by atoms with E-state index in [0.717, 1.165) is 33.2 Å². The smallest absolute Gasteiger partial charge is 0.304 e. The van der Waals surface area contributed by atoms with Gasteiger partial charge in [0.25, 0.3) is 0 Å². The summed E-state index contributed by atoms with van der Waals surface area (Å²) in [4.78, 5) is 17.8. The molecule has 0 fully saturated rings. The number of nitrogens with two attached hydrogens (primary N) is 1. The molecule has 0 radical (unpaired) electrons. The summed E-state index contributed by atoms with van der Waals surface area (Å²) in [7, 11) is 0. The molecule has 6 nitrogen and oxygen atoms in total. The van der Waals surface area contributed by atoms with Crippen LogP contribution in [0.15, 0.2) is 34.7 Å². The third-order valence-electron chi connectivity index (χ3n) is 2.70. The molecule has 0 unspecified atom stereocenters. The molecule has 0 saturated carbocycles. The van der Waals surface area contributed by atoms with Crippen molar-refractivity contribution < 1.29 is 0 Å². The van der Waals surface area contributed by atoms with Gasteiger partial charge in [0.05, 0.1) is 12.1 Å². The van der Waals surface area contributed by atoms with Crippen molar-refractivity contribution in [3.8, 4) is 11.1 Å². The van der Waals surface area contributed by atoms with Crippen molar-refractivity contribution in [2.45, 2.75) is 6.54 Å². The van der Waals surface area contributed by atoms with Gasteiger partial charge in [0.2, 0.25) is 0 Å². The second-order valence-corrected chi connectivity index (χ2v) is 5.65. The second kappa shape index (κ2) is 5.43. The van der Waals surface area contributed by atoms with E-state index in [-0.39, 0.29) is 4.87 Å². The summed E-state index contributed by atoms with van der Waals surface area (Å²) in [6.45, 7) is 0.526. The van der Waals surface area contributed by atoms with E-state index in [9.17, 15) is 4.79 Å². The summed E-state index contributed by atoms with van der Waals surface area (Å²) in [5.74, 6) is 0.488. The molecule has 0 amide bonds. The Hall–Kier alpha value is -2.19. The lowest BCUT2D eigenvalue weighted by Crippen LogP contribution is -2.02. The predicted molar refractivity (Wildman–Crippen MR) is 82.0 cm³/mol. The van der Waals surface area contributed by atoms with E-state index in [1.807, 2.05) is 12.1 Å². The third-order valence-corrected chi connectivity index (χ3v) is 4.24. The van der Waals surface area contributed by atoms with Gasteiger partial charge in [-0.3, -0.25) is 9.78 Å². The highest BCUT2D eigenvalue weighted by Gasteiger charge is 2.13. The molecule has 3 rings (SSSR count). The van der Waals surface area contributed by atoms with Gasteiger partial charge in [-0.1, -0.05) is 11.3 Å². The minimum Gasteiger partial charge on any atom is -0.382 e. The van der Waals surface area contributed by atoms with Crippen LogP contribution in [-0.4, -0.2) is 14.3 Å². The molecule has 8 heteroatoms. The highest BCUT2D eigenvalue weighted by atomic mass is 32.1. The Morgan fingerprint density at radius 3 is 2.85 bits per heavy atom. The predicted octanol–water partition coefficient (Wildman–Crippen LogP) is 2.15. The zero-order valence-corrected chi connectivity index (χ0v) is 11.9. The summed E-state index contributed by atoms with van der Waals surface area (Å²) >= 11 is 2.45. The first-order valence-electron chi connectivity index (χ1n) is 5.80. The van der Waals surface area contributed by atoms with E-state index in [1.54, 1.807) is 17.8 Å². The minimum absolute atomic E-state index is 0.0556. The molecule has 0 aliphatic carbocycles. The fourth-order valence-electron chi connectivity index (χ4n) is 1.80. The zero-order valence-electron chi connectivity index (χ0n) is 10.3. The van der Waals surface area contributed by atoms with Crippen molar-refractivity contribution in [1.29, 1.82) is 0 Å². The van der Waals surface area contributed by atoms with E-state index in [0.29, 0.717) is 12.4 Å². The summed E-state index contributed by atoms with van der Waals surface area (Å²) < 4.78 is 4.18. The number of hydrogen-bond donors (Lipinski definition) is 3. The quantitative estimate of drug-likeness (QED) is 0.686. The van der Waals surface area contributed by atoms with Gasteiger partial charge in [-0.05, 0) is 29.2 Å². The van der Waals surface area contributed by atoms with Crippen LogP contribution < -0.4 is 15.9 Å². The molecule has 4 N–H and O–H groups in total. The van der Waals surface area contributed by atoms with E-state index >= 15 is 0 Å². The van der Waals surface area contributed by atoms with Gasteiger partial charge in [0.15, 0.2) is 0 Å². The van der Waals surface area contributed by atoms with E-state index in [2.05, 4.69) is 19.7 Å². The Labute approximate surface area is 122 Å². The molecule has 3 heterocycles. The largest absolute Gasteiger partial charge is 0.382 e. The fourth-order valence-corrected chi connectivity index (χ4v) is 3.11. The Balaban J connectivity index is 1.86. The summed E-state index contributed by atoms with van der Waals surface area (Å²) in [5, 5.41) is 5.93. The maximum Gasteiger partial charge on any atom is 0.304 e. The van der Waals surface area contributed by atoms with Gasteiger partial charge in [-0.15, -0.1) is 0 Å². The molecule has 0 aliphatic heterocycles. The van der Waals surface area contributed by atoms with Crippen molar-refractivity contribution in [1.82, 2.24) is 14.3 Å². The van der Waals surface area contributed by atoms with Crippen LogP contribution >= 0.6 is 22.9 Å². The van der Waals surface area contributed by atoms with Crippen LogP contribution in [0.4, 0.5) is 10.8 Å². The summed E-state index contributed by atoms with van der Waals surface area (Å²) in [5.41, 5.74) is 8.61. The molecular weight excluding hydrogens is 294 g/mol. The number of rotatable bonds is 4. The van der Waals surface area contributed by atoms with Crippen LogP contribution in [0.2, 0.25) is 0 Å². The van der Waals surface area contributed by atoms with Gasteiger partial charge < -0.3 is 16.0 Å². The molecule has 20 heavy (non-hydrogen) atoms. The fraction of sp³-hybridized carbons (Fsp3) is 0.0833. The van der Waals surface area contributed by atoms with Crippen molar-refractivity contribution in [3.63, 3.8) is 0 Å². The number of hydrogen-bond acceptors (Lipinski definition) is 7. The Morgan fingerprint density at radius 1 is 1.35 bits per heavy atom. The molecule has 0 spiro atoms. The van der Waals surface area contributed by atoms with Crippen LogP contribution in [0.25, 0.3) is 11.1 Å². The molecule has 0 atom stereocenters. The number of pyridine rings is 1. The first-order valence-corrected chi connectivity index (χ1v) is 7.45. The van der Waals surface area contributed by atoms with E-state index < -0.39 is 0 Å². The lowest BCUT2D eigenvalue weighted by Gasteiger charge is -2.06. The van der Waals surface area contributed by atoms with Crippen molar-refractivity contribution in [3.05, 3.63) is 45.3 Å². The van der Waals surface area contributed by atoms with Crippen LogP contribution in [0.5, 0.6) is 0 Å². The number of aromatic nitrogens is 3. The number of nitrogens with one attached hydrogen (secondary N) is 2. The van der Waals surface area contributed by atoms with E-state index in [1.165, 1.54) is 11.5 Å². The van der Waals surface area contributed by atoms with Gasteiger partial charge in [-0.2, -0.15) is 4.37 Å². The van der Waals surface area contributed by atoms with Gasteiger partial charge >= 0.3 is 4.87 Å². The number of nitrogen functional groups attached to an aromatic ring is 1. The maximum atomic E-state index is 11.1. The average molecular weight is 305 g/mol. The summed E-state index contributed by atoms with van der Waals surface area (Å²) in [6.07, 6.45) is 3.43. The highest BCUT2D eigenvalue weighted by Crippen LogP contribution is 2.36. The average Bonchev–Trinajstić information content (AvgIpc) is 3.03. The Bertz CT molecular complexity index is 762. The van der Waals surface area contributed by atoms with Crippen LogP contribution in [0.1, 0.15) is 5.69 Å². The van der Waals surface area contributed by atoms with E-state index in [4.69, 9.17) is 5.73 Å². The topological polar surface area (TPSA) is 96.7 Å². The monoisotopic (exact) mass is 305 g/mol. The van der Waals surface area contributed by atoms with Crippen molar-refractivity contribution in [2.75, 3.05) is 11.1 Å². The molecule has 3 aromatic rings. The van der Waals surface area contributed by atoms with Crippen LogP contribution in [-0.2, 0) is 6.54 Å². The SMILES string of the molecule is Nc1nsc(NCc2csc(=O)[nH]2)c1-c1ccncc1. The molecule has 3 aromatic heterocycles. The molecular formula is C12H11N5OS2. The number of aromatic amines is 1. The third kappa shape index (κ3) is 2.56. The summed E-state index contributed by atoms with van der Waals surface area (Å²) in [6, 6.07) is 3.77. The molecule has 0 aliphatic rings. The molecule has 0 saturated heterocycles. The second-order valence-electron chi connectivity index (χ2n) is 4.03. The van der Waals surface area contributed by atoms with Crippen LogP contribution in [0, 0.1) is 0 Å². The number of thiazole rings is 1. The van der Waals surface area contributed by atoms with Crippen molar-refractivity contribution in [2.24, 2.45) is 0 Å². The lowest BCUT2D eigenvalue weighted by molar-refractivity contribution is 1.07.